The molecule has 0 bridgehead atoms. The van der Waals surface area contributed by atoms with Crippen LogP contribution in [0.4, 0.5) is 5.69 Å². The summed E-state index contributed by atoms with van der Waals surface area (Å²) in [5.74, 6) is -0.0648. The van der Waals surface area contributed by atoms with Crippen LogP contribution in [0.2, 0.25) is 0 Å². The molecule has 1 saturated heterocycles. The third-order valence-corrected chi connectivity index (χ3v) is 3.05. The van der Waals surface area contributed by atoms with Gasteiger partial charge in [0.25, 0.3) is 0 Å². The normalized spacial score (nSPS) is 20.1. The Morgan fingerprint density at radius 1 is 1.65 bits per heavy atom. The maximum atomic E-state index is 11.7. The maximum absolute atomic E-state index is 11.7. The summed E-state index contributed by atoms with van der Waals surface area (Å²) in [6.45, 7) is 4.04. The molecule has 0 aliphatic carbocycles. The van der Waals surface area contributed by atoms with E-state index >= 15 is 0 Å². The molecule has 1 atom stereocenters. The summed E-state index contributed by atoms with van der Waals surface area (Å²) < 4.78 is 5.08. The maximum Gasteiger partial charge on any atom is 0.310 e. The molecule has 0 N–H and O–H groups in total. The Morgan fingerprint density at radius 3 is 3.24 bits per heavy atom. The van der Waals surface area contributed by atoms with Crippen LogP contribution in [-0.2, 0) is 9.53 Å². The van der Waals surface area contributed by atoms with Crippen LogP contribution in [0.5, 0.6) is 0 Å². The third kappa shape index (κ3) is 2.96. The molecule has 4 nitrogen and oxygen atoms in total. The van der Waals surface area contributed by atoms with E-state index in [9.17, 15) is 4.79 Å². The smallest absolute Gasteiger partial charge is 0.310 e. The lowest BCUT2D eigenvalue weighted by molar-refractivity contribution is -0.148. The first-order valence-corrected chi connectivity index (χ1v) is 6.13. The minimum atomic E-state index is -0.0684. The number of piperidine rings is 1. The summed E-state index contributed by atoms with van der Waals surface area (Å²) in [6.07, 6.45) is 5.55. The molecule has 2 heterocycles. The van der Waals surface area contributed by atoms with Crippen LogP contribution >= 0.6 is 0 Å². The van der Waals surface area contributed by atoms with E-state index in [1.165, 1.54) is 0 Å². The zero-order chi connectivity index (χ0) is 12.1. The van der Waals surface area contributed by atoms with Gasteiger partial charge >= 0.3 is 5.97 Å². The number of carbonyl (C=O) groups excluding carboxylic acids is 1. The lowest BCUT2D eigenvalue weighted by atomic mass is 9.98. The number of ether oxygens (including phenoxy) is 1. The predicted molar refractivity (Wildman–Crippen MR) is 65.8 cm³/mol. The van der Waals surface area contributed by atoms with E-state index in [4.69, 9.17) is 4.74 Å². The molecule has 17 heavy (non-hydrogen) atoms. The number of carbonyl (C=O) groups is 1. The number of anilines is 1. The average Bonchev–Trinajstić information content (AvgIpc) is 2.40. The summed E-state index contributed by atoms with van der Waals surface area (Å²) in [7, 11) is 0. The van der Waals surface area contributed by atoms with Gasteiger partial charge in [0.1, 0.15) is 0 Å². The van der Waals surface area contributed by atoms with Gasteiger partial charge in [-0.3, -0.25) is 9.78 Å². The molecule has 0 unspecified atom stereocenters. The highest BCUT2D eigenvalue weighted by atomic mass is 16.5. The second-order valence-corrected chi connectivity index (χ2v) is 4.25. The fourth-order valence-electron chi connectivity index (χ4n) is 2.20. The lowest BCUT2D eigenvalue weighted by Crippen LogP contribution is -2.39. The van der Waals surface area contributed by atoms with Crippen molar-refractivity contribution in [1.82, 2.24) is 4.98 Å². The lowest BCUT2D eigenvalue weighted by Gasteiger charge is -2.32. The highest BCUT2D eigenvalue weighted by molar-refractivity contribution is 5.73. The Morgan fingerprint density at radius 2 is 2.53 bits per heavy atom. The zero-order valence-electron chi connectivity index (χ0n) is 10.1. The van der Waals surface area contributed by atoms with Gasteiger partial charge in [-0.1, -0.05) is 0 Å². The number of hydrogen-bond donors (Lipinski definition) is 0. The Balaban J connectivity index is 2.00. The standard InChI is InChI=1S/C13H18N2O2/c1-2-17-13(16)11-5-4-8-15(10-11)12-6-3-7-14-9-12/h3,6-7,9,11H,2,4-5,8,10H2,1H3/t11-/m0/s1. The van der Waals surface area contributed by atoms with Crippen molar-refractivity contribution in [2.75, 3.05) is 24.6 Å². The first kappa shape index (κ1) is 11.9. The third-order valence-electron chi connectivity index (χ3n) is 3.05. The van der Waals surface area contributed by atoms with Gasteiger partial charge in [0, 0.05) is 19.3 Å². The molecule has 1 aromatic heterocycles. The van der Waals surface area contributed by atoms with Crippen molar-refractivity contribution < 1.29 is 9.53 Å². The Hall–Kier alpha value is -1.58. The van der Waals surface area contributed by atoms with Gasteiger partial charge in [0.15, 0.2) is 0 Å². The topological polar surface area (TPSA) is 42.4 Å². The Bertz CT molecular complexity index is 367. The second kappa shape index (κ2) is 5.66. The van der Waals surface area contributed by atoms with Crippen LogP contribution in [0.3, 0.4) is 0 Å². The molecule has 0 amide bonds. The number of pyridine rings is 1. The zero-order valence-corrected chi connectivity index (χ0v) is 10.1. The van der Waals surface area contributed by atoms with Gasteiger partial charge in [-0.15, -0.1) is 0 Å². The monoisotopic (exact) mass is 234 g/mol. The molecular formula is C13H18N2O2. The van der Waals surface area contributed by atoms with Crippen molar-refractivity contribution >= 4 is 11.7 Å². The van der Waals surface area contributed by atoms with Crippen LogP contribution in [0, 0.1) is 5.92 Å². The highest BCUT2D eigenvalue weighted by Gasteiger charge is 2.26. The molecule has 0 radical (unpaired) electrons. The number of rotatable bonds is 3. The molecule has 0 saturated carbocycles. The van der Waals surface area contributed by atoms with Crippen molar-refractivity contribution in [1.29, 1.82) is 0 Å². The quantitative estimate of drug-likeness (QED) is 0.749. The molecule has 92 valence electrons. The van der Waals surface area contributed by atoms with Gasteiger partial charge in [-0.05, 0) is 31.9 Å². The minimum absolute atomic E-state index is 0.00362. The van der Waals surface area contributed by atoms with E-state index in [-0.39, 0.29) is 11.9 Å². The highest BCUT2D eigenvalue weighted by Crippen LogP contribution is 2.23. The van der Waals surface area contributed by atoms with E-state index < -0.39 is 0 Å². The first-order valence-electron chi connectivity index (χ1n) is 6.13. The minimum Gasteiger partial charge on any atom is -0.466 e. The summed E-state index contributed by atoms with van der Waals surface area (Å²) in [5, 5.41) is 0. The molecule has 1 aliphatic rings. The van der Waals surface area contributed by atoms with E-state index in [2.05, 4.69) is 9.88 Å². The Labute approximate surface area is 102 Å². The van der Waals surface area contributed by atoms with Gasteiger partial charge in [-0.25, -0.2) is 0 Å². The molecule has 1 aromatic rings. The average molecular weight is 234 g/mol. The van der Waals surface area contributed by atoms with Crippen LogP contribution in [0.1, 0.15) is 19.8 Å². The molecular weight excluding hydrogens is 216 g/mol. The predicted octanol–water partition coefficient (Wildman–Crippen LogP) is 1.86. The van der Waals surface area contributed by atoms with Gasteiger partial charge in [0.2, 0.25) is 0 Å². The van der Waals surface area contributed by atoms with Crippen LogP contribution in [0.25, 0.3) is 0 Å². The van der Waals surface area contributed by atoms with Crippen LogP contribution in [0.15, 0.2) is 24.5 Å². The van der Waals surface area contributed by atoms with Crippen LogP contribution in [-0.4, -0.2) is 30.6 Å². The van der Waals surface area contributed by atoms with E-state index in [0.29, 0.717) is 6.61 Å². The fraction of sp³-hybridized carbons (Fsp3) is 0.538. The summed E-state index contributed by atoms with van der Waals surface area (Å²) in [6, 6.07) is 3.95. The largest absolute Gasteiger partial charge is 0.466 e. The van der Waals surface area contributed by atoms with Crippen molar-refractivity contribution in [3.63, 3.8) is 0 Å². The molecule has 1 fully saturated rings. The first-order chi connectivity index (χ1) is 8.31. The van der Waals surface area contributed by atoms with Gasteiger partial charge in [-0.2, -0.15) is 0 Å². The van der Waals surface area contributed by atoms with E-state index in [0.717, 1.165) is 31.6 Å². The second-order valence-electron chi connectivity index (χ2n) is 4.25. The van der Waals surface area contributed by atoms with Crippen molar-refractivity contribution in [2.45, 2.75) is 19.8 Å². The molecule has 0 spiro atoms. The molecule has 4 heteroatoms. The number of aromatic nitrogens is 1. The number of hydrogen-bond acceptors (Lipinski definition) is 4. The summed E-state index contributed by atoms with van der Waals surface area (Å²) >= 11 is 0. The number of nitrogens with zero attached hydrogens (tertiary/aromatic N) is 2. The Kier molecular flexibility index (Phi) is 3.96. The summed E-state index contributed by atoms with van der Waals surface area (Å²) in [4.78, 5) is 18.0. The fourth-order valence-corrected chi connectivity index (χ4v) is 2.20. The van der Waals surface area contributed by atoms with E-state index in [1.807, 2.05) is 25.3 Å². The van der Waals surface area contributed by atoms with Crippen LogP contribution < -0.4 is 4.90 Å². The SMILES string of the molecule is CCOC(=O)[C@H]1CCCN(c2cccnc2)C1. The molecule has 1 aliphatic heterocycles. The van der Waals surface area contributed by atoms with Crippen molar-refractivity contribution in [3.8, 4) is 0 Å². The summed E-state index contributed by atoms with van der Waals surface area (Å²) in [5.41, 5.74) is 1.08. The molecule has 0 aromatic carbocycles. The van der Waals surface area contributed by atoms with Gasteiger partial charge < -0.3 is 9.64 Å². The number of esters is 1. The molecule has 2 rings (SSSR count). The van der Waals surface area contributed by atoms with Crippen molar-refractivity contribution in [3.05, 3.63) is 24.5 Å². The van der Waals surface area contributed by atoms with Gasteiger partial charge in [0.05, 0.1) is 24.4 Å². The van der Waals surface area contributed by atoms with Crippen molar-refractivity contribution in [2.24, 2.45) is 5.92 Å². The van der Waals surface area contributed by atoms with E-state index in [1.54, 1.807) is 6.20 Å².